The number of nitrogens with one attached hydrogen (secondary N) is 1. The normalized spacial score (nSPS) is 24.6. The van der Waals surface area contributed by atoms with Gasteiger partial charge in [-0.3, -0.25) is 14.6 Å². The van der Waals surface area contributed by atoms with E-state index in [0.29, 0.717) is 0 Å². The molecule has 0 aromatic rings. The number of hydrogen-bond acceptors (Lipinski definition) is 5. The summed E-state index contributed by atoms with van der Waals surface area (Å²) >= 11 is 0. The highest BCUT2D eigenvalue weighted by Crippen LogP contribution is 2.27. The van der Waals surface area contributed by atoms with Gasteiger partial charge in [-0.25, -0.2) is 0 Å². The standard InChI is InChI=1S/C12H23N3O2/c1-13-11(12(16)17-2)9-14-5-7-15(8-6-14)10-3-4-10/h10-11,13H,3-9H2,1-2H3. The maximum absolute atomic E-state index is 11.5. The van der Waals surface area contributed by atoms with Gasteiger partial charge in [-0.05, 0) is 19.9 Å². The molecule has 2 rings (SSSR count). The fourth-order valence-electron chi connectivity index (χ4n) is 2.43. The van der Waals surface area contributed by atoms with Gasteiger partial charge < -0.3 is 10.1 Å². The van der Waals surface area contributed by atoms with Crippen molar-refractivity contribution >= 4 is 5.97 Å². The molecule has 0 radical (unpaired) electrons. The second-order valence-electron chi connectivity index (χ2n) is 4.93. The van der Waals surface area contributed by atoms with Crippen molar-refractivity contribution in [3.63, 3.8) is 0 Å². The monoisotopic (exact) mass is 241 g/mol. The van der Waals surface area contributed by atoms with Gasteiger partial charge in [-0.15, -0.1) is 0 Å². The molecule has 17 heavy (non-hydrogen) atoms. The van der Waals surface area contributed by atoms with Crippen molar-refractivity contribution in [2.45, 2.75) is 24.9 Å². The highest BCUT2D eigenvalue weighted by Gasteiger charge is 2.32. The zero-order valence-corrected chi connectivity index (χ0v) is 10.8. The second-order valence-corrected chi connectivity index (χ2v) is 4.93. The third-order valence-electron chi connectivity index (χ3n) is 3.75. The molecule has 1 saturated carbocycles. The predicted octanol–water partition coefficient (Wildman–Crippen LogP) is -0.473. The van der Waals surface area contributed by atoms with E-state index in [0.717, 1.165) is 38.8 Å². The molecule has 0 aromatic heterocycles. The first-order valence-corrected chi connectivity index (χ1v) is 6.46. The lowest BCUT2D eigenvalue weighted by molar-refractivity contribution is -0.143. The van der Waals surface area contributed by atoms with Gasteiger partial charge >= 0.3 is 5.97 Å². The summed E-state index contributed by atoms with van der Waals surface area (Å²) in [5, 5.41) is 3.02. The summed E-state index contributed by atoms with van der Waals surface area (Å²) < 4.78 is 4.78. The number of nitrogens with zero attached hydrogens (tertiary/aromatic N) is 2. The van der Waals surface area contributed by atoms with E-state index in [-0.39, 0.29) is 12.0 Å². The molecule has 0 spiro atoms. The molecule has 1 aliphatic carbocycles. The van der Waals surface area contributed by atoms with Crippen LogP contribution in [-0.4, -0.2) is 74.7 Å². The molecule has 0 amide bonds. The van der Waals surface area contributed by atoms with E-state index < -0.39 is 0 Å². The number of esters is 1. The van der Waals surface area contributed by atoms with Gasteiger partial charge in [-0.2, -0.15) is 0 Å². The quantitative estimate of drug-likeness (QED) is 0.659. The van der Waals surface area contributed by atoms with Gasteiger partial charge in [0.1, 0.15) is 6.04 Å². The minimum atomic E-state index is -0.201. The summed E-state index contributed by atoms with van der Waals surface area (Å²) in [6, 6.07) is 0.658. The average molecular weight is 241 g/mol. The zero-order valence-electron chi connectivity index (χ0n) is 10.8. The van der Waals surface area contributed by atoms with Crippen LogP contribution in [-0.2, 0) is 9.53 Å². The van der Waals surface area contributed by atoms with Crippen molar-refractivity contribution in [2.75, 3.05) is 46.9 Å². The number of piperazine rings is 1. The molecule has 1 heterocycles. The van der Waals surface area contributed by atoms with Crippen LogP contribution in [0.1, 0.15) is 12.8 Å². The molecule has 0 bridgehead atoms. The molecule has 1 saturated heterocycles. The Hall–Kier alpha value is -0.650. The topological polar surface area (TPSA) is 44.8 Å². The third kappa shape index (κ3) is 3.40. The Morgan fingerprint density at radius 1 is 1.35 bits per heavy atom. The highest BCUT2D eigenvalue weighted by molar-refractivity contribution is 5.75. The maximum atomic E-state index is 11.5. The summed E-state index contributed by atoms with van der Waals surface area (Å²) in [7, 11) is 3.25. The number of hydrogen-bond donors (Lipinski definition) is 1. The average Bonchev–Trinajstić information content (AvgIpc) is 3.20. The van der Waals surface area contributed by atoms with Gasteiger partial charge in [0, 0.05) is 38.8 Å². The maximum Gasteiger partial charge on any atom is 0.324 e. The van der Waals surface area contributed by atoms with Gasteiger partial charge in [0.05, 0.1) is 7.11 Å². The van der Waals surface area contributed by atoms with Crippen LogP contribution >= 0.6 is 0 Å². The van der Waals surface area contributed by atoms with Gasteiger partial charge in [0.25, 0.3) is 0 Å². The van der Waals surface area contributed by atoms with Crippen LogP contribution in [0.3, 0.4) is 0 Å². The molecule has 1 atom stereocenters. The third-order valence-corrected chi connectivity index (χ3v) is 3.75. The Kier molecular flexibility index (Phi) is 4.36. The van der Waals surface area contributed by atoms with Crippen LogP contribution in [0.5, 0.6) is 0 Å². The largest absolute Gasteiger partial charge is 0.468 e. The lowest BCUT2D eigenvalue weighted by atomic mass is 10.2. The van der Waals surface area contributed by atoms with Crippen molar-refractivity contribution in [1.29, 1.82) is 0 Å². The molecule has 5 nitrogen and oxygen atoms in total. The fraction of sp³-hybridized carbons (Fsp3) is 0.917. The van der Waals surface area contributed by atoms with Crippen LogP contribution in [0.15, 0.2) is 0 Å². The number of methoxy groups -OCH3 is 1. The van der Waals surface area contributed by atoms with E-state index in [9.17, 15) is 4.79 Å². The molecule has 2 fully saturated rings. The van der Waals surface area contributed by atoms with Crippen molar-refractivity contribution in [2.24, 2.45) is 0 Å². The summed E-state index contributed by atoms with van der Waals surface area (Å²) in [4.78, 5) is 16.4. The molecule has 2 aliphatic rings. The Morgan fingerprint density at radius 3 is 2.47 bits per heavy atom. The molecule has 1 N–H and O–H groups in total. The zero-order chi connectivity index (χ0) is 12.3. The number of rotatable bonds is 5. The summed E-state index contributed by atoms with van der Waals surface area (Å²) in [5.41, 5.74) is 0. The number of carbonyl (C=O) groups is 1. The van der Waals surface area contributed by atoms with Crippen molar-refractivity contribution in [3.8, 4) is 0 Å². The number of likely N-dealkylation sites (N-methyl/N-ethyl adjacent to an activating group) is 1. The van der Waals surface area contributed by atoms with Crippen LogP contribution in [0.25, 0.3) is 0 Å². The van der Waals surface area contributed by atoms with E-state index in [2.05, 4.69) is 15.1 Å². The Labute approximate surface area is 103 Å². The first-order chi connectivity index (χ1) is 8.24. The Balaban J connectivity index is 1.73. The van der Waals surface area contributed by atoms with E-state index in [4.69, 9.17) is 4.74 Å². The lowest BCUT2D eigenvalue weighted by Crippen LogP contribution is -2.52. The molecular weight excluding hydrogens is 218 g/mol. The van der Waals surface area contributed by atoms with E-state index in [1.54, 1.807) is 0 Å². The van der Waals surface area contributed by atoms with Crippen LogP contribution in [0, 0.1) is 0 Å². The first-order valence-electron chi connectivity index (χ1n) is 6.46. The minimum Gasteiger partial charge on any atom is -0.468 e. The first kappa shape index (κ1) is 12.8. The Bertz CT molecular complexity index is 260. The van der Waals surface area contributed by atoms with E-state index in [1.807, 2.05) is 7.05 Å². The van der Waals surface area contributed by atoms with E-state index in [1.165, 1.54) is 20.0 Å². The molecular formula is C12H23N3O2. The molecule has 1 unspecified atom stereocenters. The Morgan fingerprint density at radius 2 is 2.00 bits per heavy atom. The SMILES string of the molecule is CNC(CN1CCN(C2CC2)CC1)C(=O)OC. The fourth-order valence-corrected chi connectivity index (χ4v) is 2.43. The minimum absolute atomic E-state index is 0.169. The summed E-state index contributed by atoms with van der Waals surface area (Å²) in [5.74, 6) is -0.169. The highest BCUT2D eigenvalue weighted by atomic mass is 16.5. The number of carbonyl (C=O) groups excluding carboxylic acids is 1. The molecule has 98 valence electrons. The molecule has 5 heteroatoms. The number of ether oxygens (including phenoxy) is 1. The van der Waals surface area contributed by atoms with Crippen molar-refractivity contribution < 1.29 is 9.53 Å². The van der Waals surface area contributed by atoms with Crippen LogP contribution < -0.4 is 5.32 Å². The van der Waals surface area contributed by atoms with Crippen LogP contribution in [0.2, 0.25) is 0 Å². The smallest absolute Gasteiger partial charge is 0.324 e. The van der Waals surface area contributed by atoms with Gasteiger partial charge in [-0.1, -0.05) is 0 Å². The van der Waals surface area contributed by atoms with Crippen LogP contribution in [0.4, 0.5) is 0 Å². The second kappa shape index (κ2) is 5.80. The molecule has 0 aromatic carbocycles. The van der Waals surface area contributed by atoms with E-state index >= 15 is 0 Å². The summed E-state index contributed by atoms with van der Waals surface area (Å²) in [6.45, 7) is 5.16. The lowest BCUT2D eigenvalue weighted by Gasteiger charge is -2.36. The van der Waals surface area contributed by atoms with Gasteiger partial charge in [0.2, 0.25) is 0 Å². The van der Waals surface area contributed by atoms with Crippen molar-refractivity contribution in [3.05, 3.63) is 0 Å². The predicted molar refractivity (Wildman–Crippen MR) is 65.9 cm³/mol. The summed E-state index contributed by atoms with van der Waals surface area (Å²) in [6.07, 6.45) is 2.75. The van der Waals surface area contributed by atoms with Crippen molar-refractivity contribution in [1.82, 2.24) is 15.1 Å². The van der Waals surface area contributed by atoms with Gasteiger partial charge in [0.15, 0.2) is 0 Å². The molecule has 1 aliphatic heterocycles.